The molecule has 3 rings (SSSR count). The van der Waals surface area contributed by atoms with E-state index >= 15 is 0 Å². The van der Waals surface area contributed by atoms with E-state index < -0.39 is 5.97 Å². The summed E-state index contributed by atoms with van der Waals surface area (Å²) in [6.45, 7) is 0.989. The molecule has 1 heterocycles. The summed E-state index contributed by atoms with van der Waals surface area (Å²) in [6, 6.07) is 13.3. The van der Waals surface area contributed by atoms with Crippen LogP contribution in [0.3, 0.4) is 0 Å². The van der Waals surface area contributed by atoms with E-state index in [0.29, 0.717) is 29.1 Å². The van der Waals surface area contributed by atoms with Crippen LogP contribution in [0.4, 0.5) is 0 Å². The van der Waals surface area contributed by atoms with Crippen molar-refractivity contribution in [3.8, 4) is 0 Å². The van der Waals surface area contributed by atoms with E-state index in [1.807, 2.05) is 0 Å². The molecule has 6 heteroatoms. The van der Waals surface area contributed by atoms with Crippen molar-refractivity contribution in [3.05, 3.63) is 70.2 Å². The first-order chi connectivity index (χ1) is 12.5. The molecule has 1 amide bonds. The van der Waals surface area contributed by atoms with Crippen molar-refractivity contribution in [1.82, 2.24) is 4.90 Å². The SMILES string of the molecule is O=C(COC(=O)c1ccc(CN2CCCC2=O)cc1)c1ccc(Cl)cc1. The predicted octanol–water partition coefficient (Wildman–Crippen LogP) is 3.50. The zero-order valence-electron chi connectivity index (χ0n) is 14.1. The van der Waals surface area contributed by atoms with Gasteiger partial charge in [-0.3, -0.25) is 9.59 Å². The molecule has 0 atom stereocenters. The Balaban J connectivity index is 1.53. The summed E-state index contributed by atoms with van der Waals surface area (Å²) in [5.41, 5.74) is 1.76. The number of hydrogen-bond donors (Lipinski definition) is 0. The van der Waals surface area contributed by atoms with Crippen LogP contribution in [0.15, 0.2) is 48.5 Å². The Hall–Kier alpha value is -2.66. The van der Waals surface area contributed by atoms with Crippen LogP contribution in [0, 0.1) is 0 Å². The normalized spacial score (nSPS) is 13.7. The maximum atomic E-state index is 12.1. The fourth-order valence-corrected chi connectivity index (χ4v) is 2.90. The van der Waals surface area contributed by atoms with Crippen molar-refractivity contribution >= 4 is 29.3 Å². The topological polar surface area (TPSA) is 63.7 Å². The van der Waals surface area contributed by atoms with Crippen LogP contribution < -0.4 is 0 Å². The first-order valence-electron chi connectivity index (χ1n) is 8.35. The summed E-state index contributed by atoms with van der Waals surface area (Å²) < 4.78 is 5.08. The van der Waals surface area contributed by atoms with Crippen LogP contribution in [0.1, 0.15) is 39.1 Å². The molecule has 0 spiro atoms. The maximum Gasteiger partial charge on any atom is 0.338 e. The van der Waals surface area contributed by atoms with E-state index in [1.165, 1.54) is 0 Å². The highest BCUT2D eigenvalue weighted by atomic mass is 35.5. The molecule has 0 aliphatic carbocycles. The molecule has 5 nitrogen and oxygen atoms in total. The summed E-state index contributed by atoms with van der Waals surface area (Å²) in [4.78, 5) is 37.5. The van der Waals surface area contributed by atoms with E-state index in [0.717, 1.165) is 18.5 Å². The van der Waals surface area contributed by atoms with Crippen LogP contribution in [-0.4, -0.2) is 35.7 Å². The molecule has 1 saturated heterocycles. The second-order valence-corrected chi connectivity index (χ2v) is 6.56. The van der Waals surface area contributed by atoms with Crippen molar-refractivity contribution in [2.75, 3.05) is 13.2 Å². The van der Waals surface area contributed by atoms with Gasteiger partial charge in [-0.25, -0.2) is 4.79 Å². The number of ketones is 1. The monoisotopic (exact) mass is 371 g/mol. The molecule has 1 aliphatic rings. The van der Waals surface area contributed by atoms with Crippen molar-refractivity contribution in [2.24, 2.45) is 0 Å². The minimum atomic E-state index is -0.559. The van der Waals surface area contributed by atoms with Gasteiger partial charge in [-0.15, -0.1) is 0 Å². The average molecular weight is 372 g/mol. The molecule has 26 heavy (non-hydrogen) atoms. The second-order valence-electron chi connectivity index (χ2n) is 6.12. The number of carbonyl (C=O) groups is 3. The third kappa shape index (κ3) is 4.49. The fourth-order valence-electron chi connectivity index (χ4n) is 2.77. The Labute approximate surface area is 156 Å². The Morgan fingerprint density at radius 2 is 1.65 bits per heavy atom. The molecule has 0 N–H and O–H groups in total. The number of halogens is 1. The lowest BCUT2D eigenvalue weighted by molar-refractivity contribution is -0.128. The fraction of sp³-hybridized carbons (Fsp3) is 0.250. The zero-order valence-corrected chi connectivity index (χ0v) is 14.9. The highest BCUT2D eigenvalue weighted by Crippen LogP contribution is 2.15. The van der Waals surface area contributed by atoms with Crippen molar-refractivity contribution < 1.29 is 19.1 Å². The average Bonchev–Trinajstić information content (AvgIpc) is 3.05. The summed E-state index contributed by atoms with van der Waals surface area (Å²) in [6.07, 6.45) is 1.50. The number of benzene rings is 2. The number of ether oxygens (including phenoxy) is 1. The molecule has 1 aliphatic heterocycles. The predicted molar refractivity (Wildman–Crippen MR) is 97.2 cm³/mol. The van der Waals surface area contributed by atoms with Gasteiger partial charge in [0, 0.05) is 30.1 Å². The van der Waals surface area contributed by atoms with Gasteiger partial charge in [-0.05, 0) is 48.4 Å². The van der Waals surface area contributed by atoms with E-state index in [1.54, 1.807) is 53.4 Å². The number of esters is 1. The molecule has 134 valence electrons. The molecule has 0 bridgehead atoms. The van der Waals surface area contributed by atoms with Gasteiger partial charge in [0.25, 0.3) is 0 Å². The molecule has 0 radical (unpaired) electrons. The smallest absolute Gasteiger partial charge is 0.338 e. The summed E-state index contributed by atoms with van der Waals surface area (Å²) >= 11 is 5.78. The lowest BCUT2D eigenvalue weighted by atomic mass is 10.1. The van der Waals surface area contributed by atoms with Crippen LogP contribution in [0.25, 0.3) is 0 Å². The Morgan fingerprint density at radius 1 is 1.00 bits per heavy atom. The van der Waals surface area contributed by atoms with Gasteiger partial charge in [0.05, 0.1) is 5.56 Å². The number of rotatable bonds is 6. The van der Waals surface area contributed by atoms with E-state index in [-0.39, 0.29) is 18.3 Å². The number of likely N-dealkylation sites (tertiary alicyclic amines) is 1. The Morgan fingerprint density at radius 3 is 2.27 bits per heavy atom. The highest BCUT2D eigenvalue weighted by Gasteiger charge is 2.20. The third-order valence-corrected chi connectivity index (χ3v) is 4.49. The number of Topliss-reactive ketones (excluding diaryl/α,β-unsaturated/α-hetero) is 1. The molecular weight excluding hydrogens is 354 g/mol. The molecule has 1 fully saturated rings. The van der Waals surface area contributed by atoms with Gasteiger partial charge in [0.2, 0.25) is 5.91 Å². The van der Waals surface area contributed by atoms with E-state index in [2.05, 4.69) is 0 Å². The minimum absolute atomic E-state index is 0.161. The van der Waals surface area contributed by atoms with Gasteiger partial charge in [-0.1, -0.05) is 23.7 Å². The molecular formula is C20H18ClNO4. The standard InChI is InChI=1S/C20H18ClNO4/c21-17-9-7-15(8-10-17)18(23)13-26-20(25)16-5-3-14(4-6-16)12-22-11-1-2-19(22)24/h3-10H,1-2,11-13H2. The molecule has 2 aromatic carbocycles. The first kappa shape index (κ1) is 18.1. The largest absolute Gasteiger partial charge is 0.454 e. The van der Waals surface area contributed by atoms with E-state index in [9.17, 15) is 14.4 Å². The minimum Gasteiger partial charge on any atom is -0.454 e. The Bertz CT molecular complexity index is 815. The summed E-state index contributed by atoms with van der Waals surface area (Å²) in [5, 5.41) is 0.536. The number of hydrogen-bond acceptors (Lipinski definition) is 4. The van der Waals surface area contributed by atoms with Gasteiger partial charge < -0.3 is 9.64 Å². The molecule has 0 unspecified atom stereocenters. The second kappa shape index (κ2) is 8.15. The molecule has 0 saturated carbocycles. The summed E-state index contributed by atoms with van der Waals surface area (Å²) in [7, 11) is 0. The number of amides is 1. The third-order valence-electron chi connectivity index (χ3n) is 4.24. The molecule has 2 aromatic rings. The highest BCUT2D eigenvalue weighted by molar-refractivity contribution is 6.30. The van der Waals surface area contributed by atoms with Gasteiger partial charge >= 0.3 is 5.97 Å². The number of nitrogens with zero attached hydrogens (tertiary/aromatic N) is 1. The Kier molecular flexibility index (Phi) is 5.68. The van der Waals surface area contributed by atoms with Gasteiger partial charge in [0.15, 0.2) is 12.4 Å². The zero-order chi connectivity index (χ0) is 18.5. The van der Waals surface area contributed by atoms with Crippen molar-refractivity contribution in [1.29, 1.82) is 0 Å². The van der Waals surface area contributed by atoms with Gasteiger partial charge in [0.1, 0.15) is 0 Å². The van der Waals surface area contributed by atoms with Crippen molar-refractivity contribution in [3.63, 3.8) is 0 Å². The van der Waals surface area contributed by atoms with Crippen LogP contribution in [-0.2, 0) is 16.1 Å². The molecule has 0 aromatic heterocycles. The first-order valence-corrected chi connectivity index (χ1v) is 8.73. The van der Waals surface area contributed by atoms with Crippen LogP contribution in [0.5, 0.6) is 0 Å². The summed E-state index contributed by atoms with van der Waals surface area (Å²) in [5.74, 6) is -0.690. The van der Waals surface area contributed by atoms with Gasteiger partial charge in [-0.2, -0.15) is 0 Å². The number of carbonyl (C=O) groups excluding carboxylic acids is 3. The van der Waals surface area contributed by atoms with E-state index in [4.69, 9.17) is 16.3 Å². The lowest BCUT2D eigenvalue weighted by Crippen LogP contribution is -2.23. The maximum absolute atomic E-state index is 12.1. The quantitative estimate of drug-likeness (QED) is 0.576. The van der Waals surface area contributed by atoms with Crippen LogP contribution >= 0.6 is 11.6 Å². The van der Waals surface area contributed by atoms with Crippen LogP contribution in [0.2, 0.25) is 5.02 Å². The lowest BCUT2D eigenvalue weighted by Gasteiger charge is -2.15. The van der Waals surface area contributed by atoms with Crippen molar-refractivity contribution in [2.45, 2.75) is 19.4 Å².